The molecule has 1 saturated carbocycles. The molecule has 5 heteroatoms. The molecule has 0 unspecified atom stereocenters. The Morgan fingerprint density at radius 2 is 1.87 bits per heavy atom. The fraction of sp³-hybridized carbons (Fsp3) is 1.00. The van der Waals surface area contributed by atoms with Gasteiger partial charge in [-0.15, -0.1) is 0 Å². The van der Waals surface area contributed by atoms with E-state index in [0.717, 1.165) is 26.1 Å². The quantitative estimate of drug-likeness (QED) is 0.681. The van der Waals surface area contributed by atoms with E-state index in [4.69, 9.17) is 0 Å². The first-order valence-electron chi connectivity index (χ1n) is 5.61. The Morgan fingerprint density at radius 3 is 2.40 bits per heavy atom. The minimum atomic E-state index is -2.95. The van der Waals surface area contributed by atoms with Crippen LogP contribution in [-0.4, -0.2) is 57.1 Å². The average molecular weight is 232 g/mol. The van der Waals surface area contributed by atoms with Gasteiger partial charge < -0.3 is 4.90 Å². The van der Waals surface area contributed by atoms with E-state index < -0.39 is 10.0 Å². The Hall–Kier alpha value is -0.130. The molecule has 0 N–H and O–H groups in total. The van der Waals surface area contributed by atoms with Crippen LogP contribution in [0.1, 0.15) is 12.8 Å². The molecule has 4 nitrogen and oxygen atoms in total. The van der Waals surface area contributed by atoms with Gasteiger partial charge in [0.25, 0.3) is 0 Å². The van der Waals surface area contributed by atoms with Gasteiger partial charge in [0, 0.05) is 13.1 Å². The van der Waals surface area contributed by atoms with Crippen LogP contribution in [0.25, 0.3) is 0 Å². The summed E-state index contributed by atoms with van der Waals surface area (Å²) in [5.41, 5.74) is 0. The van der Waals surface area contributed by atoms with Crippen molar-refractivity contribution in [2.45, 2.75) is 12.8 Å². The summed E-state index contributed by atoms with van der Waals surface area (Å²) in [6, 6.07) is 0. The topological polar surface area (TPSA) is 40.6 Å². The Kier molecular flexibility index (Phi) is 3.05. The number of hydrogen-bond donors (Lipinski definition) is 0. The SMILES string of the molecule is CN(C)CCCS(=O)(=O)N1C[C@H]2C[C@H]2C1. The van der Waals surface area contributed by atoms with Crippen molar-refractivity contribution in [3.63, 3.8) is 0 Å². The third-order valence-corrected chi connectivity index (χ3v) is 5.24. The smallest absolute Gasteiger partial charge is 0.214 e. The van der Waals surface area contributed by atoms with Crippen LogP contribution in [0.3, 0.4) is 0 Å². The molecular formula is C10H20N2O2S. The van der Waals surface area contributed by atoms with Gasteiger partial charge in [-0.1, -0.05) is 0 Å². The molecule has 0 amide bonds. The van der Waals surface area contributed by atoms with Crippen molar-refractivity contribution < 1.29 is 8.42 Å². The highest BCUT2D eigenvalue weighted by atomic mass is 32.2. The molecule has 0 radical (unpaired) electrons. The largest absolute Gasteiger partial charge is 0.309 e. The zero-order valence-electron chi connectivity index (χ0n) is 9.52. The third-order valence-electron chi connectivity index (χ3n) is 3.35. The van der Waals surface area contributed by atoms with Gasteiger partial charge >= 0.3 is 0 Å². The lowest BCUT2D eigenvalue weighted by Crippen LogP contribution is -2.33. The van der Waals surface area contributed by atoms with Crippen LogP contribution in [0.15, 0.2) is 0 Å². The number of rotatable bonds is 5. The standard InChI is InChI=1S/C10H20N2O2S/c1-11(2)4-3-5-15(13,14)12-7-9-6-10(9)8-12/h9-10H,3-8H2,1-2H3/t9-,10+. The zero-order valence-corrected chi connectivity index (χ0v) is 10.3. The molecule has 2 aliphatic rings. The second-order valence-corrected chi connectivity index (χ2v) is 7.13. The molecule has 0 spiro atoms. The van der Waals surface area contributed by atoms with E-state index in [-0.39, 0.29) is 0 Å². The van der Waals surface area contributed by atoms with Crippen LogP contribution in [-0.2, 0) is 10.0 Å². The predicted octanol–water partition coefficient (Wildman–Crippen LogP) is 0.220. The normalized spacial score (nSPS) is 30.9. The molecule has 1 heterocycles. The summed E-state index contributed by atoms with van der Waals surface area (Å²) >= 11 is 0. The van der Waals surface area contributed by atoms with Gasteiger partial charge in [0.15, 0.2) is 0 Å². The van der Waals surface area contributed by atoms with Crippen LogP contribution >= 0.6 is 0 Å². The highest BCUT2D eigenvalue weighted by Crippen LogP contribution is 2.45. The fourth-order valence-electron chi connectivity index (χ4n) is 2.27. The molecule has 88 valence electrons. The van der Waals surface area contributed by atoms with Crippen molar-refractivity contribution in [2.24, 2.45) is 11.8 Å². The first kappa shape index (κ1) is 11.4. The fourth-order valence-corrected chi connectivity index (χ4v) is 3.86. The van der Waals surface area contributed by atoms with E-state index in [0.29, 0.717) is 17.6 Å². The number of nitrogens with zero attached hydrogens (tertiary/aromatic N) is 2. The Balaban J connectivity index is 1.79. The lowest BCUT2D eigenvalue weighted by molar-refractivity contribution is 0.401. The van der Waals surface area contributed by atoms with Crippen LogP contribution < -0.4 is 0 Å². The molecule has 2 rings (SSSR count). The monoisotopic (exact) mass is 232 g/mol. The van der Waals surface area contributed by atoms with Crippen LogP contribution in [0.5, 0.6) is 0 Å². The maximum atomic E-state index is 11.9. The van der Waals surface area contributed by atoms with Gasteiger partial charge in [-0.2, -0.15) is 0 Å². The van der Waals surface area contributed by atoms with Gasteiger partial charge in [0.05, 0.1) is 5.75 Å². The summed E-state index contributed by atoms with van der Waals surface area (Å²) in [6.45, 7) is 2.42. The van der Waals surface area contributed by atoms with Gasteiger partial charge in [0.2, 0.25) is 10.0 Å². The summed E-state index contributed by atoms with van der Waals surface area (Å²) in [4.78, 5) is 2.02. The molecule has 1 saturated heterocycles. The van der Waals surface area contributed by atoms with E-state index in [9.17, 15) is 8.42 Å². The van der Waals surface area contributed by atoms with Gasteiger partial charge in [0.1, 0.15) is 0 Å². The molecule has 0 bridgehead atoms. The molecule has 2 fully saturated rings. The summed E-state index contributed by atoms with van der Waals surface area (Å²) in [7, 11) is 0.988. The van der Waals surface area contributed by atoms with Crippen molar-refractivity contribution >= 4 is 10.0 Å². The Labute approximate surface area is 92.3 Å². The third kappa shape index (κ3) is 2.71. The number of sulfonamides is 1. The van der Waals surface area contributed by atoms with Gasteiger partial charge in [-0.3, -0.25) is 0 Å². The number of piperidine rings is 1. The van der Waals surface area contributed by atoms with E-state index >= 15 is 0 Å². The summed E-state index contributed by atoms with van der Waals surface area (Å²) < 4.78 is 25.5. The lowest BCUT2D eigenvalue weighted by atomic mass is 10.4. The molecule has 0 aromatic heterocycles. The lowest BCUT2D eigenvalue weighted by Gasteiger charge is -2.18. The average Bonchev–Trinajstić information content (AvgIpc) is 2.72. The molecular weight excluding hydrogens is 212 g/mol. The number of fused-ring (bicyclic) bond motifs is 1. The van der Waals surface area contributed by atoms with Crippen molar-refractivity contribution in [3.05, 3.63) is 0 Å². The maximum absolute atomic E-state index is 11.9. The van der Waals surface area contributed by atoms with Crippen LogP contribution in [0, 0.1) is 11.8 Å². The highest BCUT2D eigenvalue weighted by molar-refractivity contribution is 7.89. The highest BCUT2D eigenvalue weighted by Gasteiger charge is 2.48. The van der Waals surface area contributed by atoms with E-state index in [1.54, 1.807) is 4.31 Å². The minimum Gasteiger partial charge on any atom is -0.309 e. The van der Waals surface area contributed by atoms with Gasteiger partial charge in [-0.25, -0.2) is 12.7 Å². The summed E-state index contributed by atoms with van der Waals surface area (Å²) in [5, 5.41) is 0. The first-order valence-corrected chi connectivity index (χ1v) is 7.22. The number of hydrogen-bond acceptors (Lipinski definition) is 3. The predicted molar refractivity (Wildman–Crippen MR) is 60.1 cm³/mol. The van der Waals surface area contributed by atoms with Crippen molar-refractivity contribution in [3.8, 4) is 0 Å². The van der Waals surface area contributed by atoms with Crippen molar-refractivity contribution in [1.82, 2.24) is 9.21 Å². The second-order valence-electron chi connectivity index (χ2n) is 5.05. The minimum absolute atomic E-state index is 0.310. The molecule has 1 aliphatic heterocycles. The van der Waals surface area contributed by atoms with E-state index in [1.807, 2.05) is 19.0 Å². The summed E-state index contributed by atoms with van der Waals surface area (Å²) in [6.07, 6.45) is 1.99. The summed E-state index contributed by atoms with van der Waals surface area (Å²) in [5.74, 6) is 1.69. The van der Waals surface area contributed by atoms with Crippen molar-refractivity contribution in [1.29, 1.82) is 0 Å². The molecule has 1 aliphatic carbocycles. The van der Waals surface area contributed by atoms with Crippen LogP contribution in [0.4, 0.5) is 0 Å². The maximum Gasteiger partial charge on any atom is 0.214 e. The zero-order chi connectivity index (χ0) is 11.1. The molecule has 0 aromatic rings. The molecule has 2 atom stereocenters. The van der Waals surface area contributed by atoms with Crippen molar-refractivity contribution in [2.75, 3.05) is 39.5 Å². The second kappa shape index (κ2) is 4.03. The van der Waals surface area contributed by atoms with Crippen LogP contribution in [0.2, 0.25) is 0 Å². The molecule has 15 heavy (non-hydrogen) atoms. The molecule has 0 aromatic carbocycles. The Morgan fingerprint density at radius 1 is 1.27 bits per heavy atom. The van der Waals surface area contributed by atoms with E-state index in [1.165, 1.54) is 6.42 Å². The van der Waals surface area contributed by atoms with E-state index in [2.05, 4.69) is 0 Å². The Bertz CT molecular complexity index is 316. The first-order chi connectivity index (χ1) is 6.99. The van der Waals surface area contributed by atoms with Gasteiger partial charge in [-0.05, 0) is 45.3 Å².